The van der Waals surface area contributed by atoms with Crippen molar-refractivity contribution in [3.05, 3.63) is 52.8 Å². The summed E-state index contributed by atoms with van der Waals surface area (Å²) in [6.45, 7) is 0. The molecule has 4 nitrogen and oxygen atoms in total. The van der Waals surface area contributed by atoms with Crippen molar-refractivity contribution in [1.82, 2.24) is 14.8 Å². The van der Waals surface area contributed by atoms with Crippen LogP contribution >= 0.6 is 15.9 Å². The Bertz CT molecular complexity index is 770. The second kappa shape index (κ2) is 4.24. The summed E-state index contributed by atoms with van der Waals surface area (Å²) in [6.07, 6.45) is 1.67. The molecule has 0 atom stereocenters. The minimum absolute atomic E-state index is 0.496. The Kier molecular flexibility index (Phi) is 2.58. The molecule has 0 fully saturated rings. The van der Waals surface area contributed by atoms with Crippen molar-refractivity contribution in [1.29, 1.82) is 5.26 Å². The molecular weight excluding hydrogens is 292 g/mol. The van der Waals surface area contributed by atoms with Crippen LogP contribution in [0.15, 0.2) is 47.1 Å². The highest BCUT2D eigenvalue weighted by Gasteiger charge is 2.12. The van der Waals surface area contributed by atoms with Gasteiger partial charge in [0, 0.05) is 10.7 Å². The average Bonchev–Trinajstić information content (AvgIpc) is 2.77. The first-order valence-corrected chi connectivity index (χ1v) is 6.08. The number of benzene rings is 1. The molecule has 2 heterocycles. The van der Waals surface area contributed by atoms with Crippen molar-refractivity contribution < 1.29 is 0 Å². The molecule has 1 aromatic carbocycles. The summed E-state index contributed by atoms with van der Waals surface area (Å²) in [5.41, 5.74) is 1.91. The third kappa shape index (κ3) is 1.67. The predicted molar refractivity (Wildman–Crippen MR) is 71.3 cm³/mol. The predicted octanol–water partition coefficient (Wildman–Crippen LogP) is 3.05. The van der Waals surface area contributed by atoms with Crippen molar-refractivity contribution in [3.8, 4) is 11.8 Å². The van der Waals surface area contributed by atoms with E-state index in [2.05, 4.69) is 32.1 Å². The van der Waals surface area contributed by atoms with Gasteiger partial charge in [-0.3, -0.25) is 0 Å². The number of rotatable bonds is 1. The van der Waals surface area contributed by atoms with E-state index in [0.717, 1.165) is 15.5 Å². The highest BCUT2D eigenvalue weighted by Crippen LogP contribution is 2.21. The van der Waals surface area contributed by atoms with Crippen LogP contribution in [0.3, 0.4) is 0 Å². The third-order valence-electron chi connectivity index (χ3n) is 2.61. The summed E-state index contributed by atoms with van der Waals surface area (Å²) in [4.78, 5) is 4.16. The van der Waals surface area contributed by atoms with E-state index in [1.165, 1.54) is 0 Å². The molecule has 0 aliphatic rings. The molecule has 86 valence electrons. The molecule has 0 unspecified atom stereocenters. The van der Waals surface area contributed by atoms with Gasteiger partial charge in [0.15, 0.2) is 11.3 Å². The van der Waals surface area contributed by atoms with E-state index in [0.29, 0.717) is 11.3 Å². The largest absolute Gasteiger partial charge is 0.235 e. The molecule has 5 heteroatoms. The molecule has 0 aliphatic heterocycles. The van der Waals surface area contributed by atoms with Crippen molar-refractivity contribution >= 4 is 27.0 Å². The van der Waals surface area contributed by atoms with Crippen LogP contribution < -0.4 is 0 Å². The number of fused-ring (bicyclic) bond motifs is 1. The van der Waals surface area contributed by atoms with Crippen LogP contribution in [0.25, 0.3) is 16.7 Å². The van der Waals surface area contributed by atoms with Gasteiger partial charge in [-0.2, -0.15) is 5.26 Å². The summed E-state index contributed by atoms with van der Waals surface area (Å²) in [5, 5.41) is 14.4. The molecule has 3 aromatic rings. The van der Waals surface area contributed by atoms with Crippen LogP contribution in [0.5, 0.6) is 0 Å². The Morgan fingerprint density at radius 1 is 1.22 bits per heavy atom. The Hall–Kier alpha value is -2.19. The lowest BCUT2D eigenvalue weighted by atomic mass is 10.2. The Labute approximate surface area is 112 Å². The van der Waals surface area contributed by atoms with Crippen LogP contribution in [-0.4, -0.2) is 14.8 Å². The summed E-state index contributed by atoms with van der Waals surface area (Å²) >= 11 is 3.41. The van der Waals surface area contributed by atoms with Crippen molar-refractivity contribution in [2.24, 2.45) is 0 Å². The molecule has 0 radical (unpaired) electrons. The zero-order valence-corrected chi connectivity index (χ0v) is 10.8. The van der Waals surface area contributed by atoms with Crippen LogP contribution in [0.4, 0.5) is 0 Å². The van der Waals surface area contributed by atoms with Gasteiger partial charge in [0.1, 0.15) is 6.07 Å². The number of pyridine rings is 1. The molecule has 0 N–H and O–H groups in total. The first-order chi connectivity index (χ1) is 8.79. The van der Waals surface area contributed by atoms with E-state index >= 15 is 0 Å². The van der Waals surface area contributed by atoms with Gasteiger partial charge in [0.25, 0.3) is 0 Å². The standard InChI is InChI=1S/C13H7BrN4/c14-9-3-1-4-10(7-9)18-12(8-15)11-5-2-6-16-13(11)17-18/h1-7H. The van der Waals surface area contributed by atoms with Gasteiger partial charge in [-0.05, 0) is 30.3 Å². The van der Waals surface area contributed by atoms with Gasteiger partial charge in [-0.15, -0.1) is 5.10 Å². The van der Waals surface area contributed by atoms with E-state index in [1.54, 1.807) is 16.9 Å². The number of nitrogens with zero attached hydrogens (tertiary/aromatic N) is 4. The summed E-state index contributed by atoms with van der Waals surface area (Å²) in [6, 6.07) is 13.5. The molecule has 18 heavy (non-hydrogen) atoms. The van der Waals surface area contributed by atoms with Gasteiger partial charge in [-0.1, -0.05) is 22.0 Å². The normalized spacial score (nSPS) is 10.4. The van der Waals surface area contributed by atoms with Gasteiger partial charge in [-0.25, -0.2) is 9.67 Å². The smallest absolute Gasteiger partial charge is 0.182 e. The van der Waals surface area contributed by atoms with Crippen LogP contribution in [0.1, 0.15) is 5.69 Å². The molecule has 0 spiro atoms. The second-order valence-corrected chi connectivity index (χ2v) is 4.64. The molecule has 0 bridgehead atoms. The van der Waals surface area contributed by atoms with Gasteiger partial charge >= 0.3 is 0 Å². The minimum Gasteiger partial charge on any atom is -0.235 e. The fourth-order valence-electron chi connectivity index (χ4n) is 1.82. The number of aromatic nitrogens is 3. The monoisotopic (exact) mass is 298 g/mol. The minimum atomic E-state index is 0.496. The summed E-state index contributed by atoms with van der Waals surface area (Å²) in [5.74, 6) is 0. The Morgan fingerprint density at radius 3 is 2.89 bits per heavy atom. The number of halogens is 1. The maximum atomic E-state index is 9.29. The highest BCUT2D eigenvalue weighted by molar-refractivity contribution is 9.10. The fourth-order valence-corrected chi connectivity index (χ4v) is 2.21. The van der Waals surface area contributed by atoms with Crippen molar-refractivity contribution in [2.45, 2.75) is 0 Å². The van der Waals surface area contributed by atoms with Gasteiger partial charge in [0.05, 0.1) is 11.1 Å². The molecular formula is C13H7BrN4. The summed E-state index contributed by atoms with van der Waals surface area (Å²) < 4.78 is 2.55. The lowest BCUT2D eigenvalue weighted by Crippen LogP contribution is -1.99. The average molecular weight is 299 g/mol. The summed E-state index contributed by atoms with van der Waals surface area (Å²) in [7, 11) is 0. The van der Waals surface area contributed by atoms with Crippen molar-refractivity contribution in [2.75, 3.05) is 0 Å². The van der Waals surface area contributed by atoms with E-state index in [4.69, 9.17) is 0 Å². The SMILES string of the molecule is N#Cc1c2cccnc2nn1-c1cccc(Br)c1. The van der Waals surface area contributed by atoms with E-state index in [-0.39, 0.29) is 0 Å². The Morgan fingerprint density at radius 2 is 2.11 bits per heavy atom. The highest BCUT2D eigenvalue weighted by atomic mass is 79.9. The van der Waals surface area contributed by atoms with Crippen LogP contribution in [0, 0.1) is 11.3 Å². The fraction of sp³-hybridized carbons (Fsp3) is 0. The number of nitriles is 1. The third-order valence-corrected chi connectivity index (χ3v) is 3.10. The van der Waals surface area contributed by atoms with Gasteiger partial charge < -0.3 is 0 Å². The van der Waals surface area contributed by atoms with E-state index in [9.17, 15) is 5.26 Å². The van der Waals surface area contributed by atoms with Crippen molar-refractivity contribution in [3.63, 3.8) is 0 Å². The number of hydrogen-bond acceptors (Lipinski definition) is 3. The lowest BCUT2D eigenvalue weighted by molar-refractivity contribution is 0.874. The van der Waals surface area contributed by atoms with Gasteiger partial charge in [0.2, 0.25) is 0 Å². The number of hydrogen-bond donors (Lipinski definition) is 0. The van der Waals surface area contributed by atoms with E-state index in [1.807, 2.05) is 30.3 Å². The first-order valence-electron chi connectivity index (χ1n) is 5.29. The van der Waals surface area contributed by atoms with Crippen LogP contribution in [-0.2, 0) is 0 Å². The lowest BCUT2D eigenvalue weighted by Gasteiger charge is -2.02. The molecule has 0 aliphatic carbocycles. The Balaban J connectivity index is 2.33. The quantitative estimate of drug-likeness (QED) is 0.694. The zero-order valence-electron chi connectivity index (χ0n) is 9.21. The second-order valence-electron chi connectivity index (χ2n) is 3.73. The topological polar surface area (TPSA) is 54.5 Å². The zero-order chi connectivity index (χ0) is 12.5. The first kappa shape index (κ1) is 10.9. The molecule has 0 saturated carbocycles. The maximum Gasteiger partial charge on any atom is 0.182 e. The molecule has 2 aromatic heterocycles. The van der Waals surface area contributed by atoms with E-state index < -0.39 is 0 Å². The molecule has 0 saturated heterocycles. The molecule has 3 rings (SSSR count). The van der Waals surface area contributed by atoms with Crippen LogP contribution in [0.2, 0.25) is 0 Å². The maximum absolute atomic E-state index is 9.29. The molecule has 0 amide bonds.